The number of carbonyl (C=O) groups excluding carboxylic acids is 1. The number of hydrogen-bond acceptors (Lipinski definition) is 6. The fourth-order valence-corrected chi connectivity index (χ4v) is 3.84. The minimum atomic E-state index is 0.238. The van der Waals surface area contributed by atoms with Gasteiger partial charge in [0.05, 0.1) is 17.6 Å². The Hall–Kier alpha value is -3.35. The molecule has 0 unspecified atom stereocenters. The van der Waals surface area contributed by atoms with Crippen LogP contribution in [-0.2, 0) is 4.79 Å². The molecule has 0 saturated heterocycles. The first kappa shape index (κ1) is 18.7. The number of nitrogens with zero attached hydrogens (tertiary/aromatic N) is 5. The Balaban J connectivity index is 1.37. The maximum atomic E-state index is 12.5. The lowest BCUT2D eigenvalue weighted by molar-refractivity contribution is -0.137. The van der Waals surface area contributed by atoms with Crippen molar-refractivity contribution in [3.8, 4) is 23.0 Å². The Bertz CT molecular complexity index is 1100. The Morgan fingerprint density at radius 3 is 2.63 bits per heavy atom. The molecule has 0 atom stereocenters. The van der Waals surface area contributed by atoms with Gasteiger partial charge in [-0.1, -0.05) is 30.7 Å². The van der Waals surface area contributed by atoms with Gasteiger partial charge in [-0.15, -0.1) is 10.2 Å². The monoisotopic (exact) mass is 401 g/mol. The lowest BCUT2D eigenvalue weighted by Gasteiger charge is -2.33. The van der Waals surface area contributed by atoms with Gasteiger partial charge >= 0.3 is 0 Å². The number of hydrogen-bond donors (Lipinski definition) is 0. The van der Waals surface area contributed by atoms with Gasteiger partial charge in [-0.2, -0.15) is 0 Å². The third kappa shape index (κ3) is 3.51. The molecule has 152 valence electrons. The van der Waals surface area contributed by atoms with Crippen molar-refractivity contribution in [1.82, 2.24) is 25.1 Å². The number of aryl methyl sites for hydroxylation is 1. The predicted octanol–water partition coefficient (Wildman–Crippen LogP) is 3.92. The quantitative estimate of drug-likeness (QED) is 0.659. The van der Waals surface area contributed by atoms with Crippen LogP contribution >= 0.6 is 0 Å². The van der Waals surface area contributed by atoms with Crippen LogP contribution in [0.3, 0.4) is 0 Å². The van der Waals surface area contributed by atoms with Gasteiger partial charge in [0.25, 0.3) is 5.89 Å². The molecule has 0 radical (unpaired) electrons. The summed E-state index contributed by atoms with van der Waals surface area (Å²) >= 11 is 0. The second-order valence-corrected chi connectivity index (χ2v) is 7.86. The van der Waals surface area contributed by atoms with Gasteiger partial charge < -0.3 is 9.32 Å². The van der Waals surface area contributed by atoms with Crippen LogP contribution in [0.4, 0.5) is 0 Å². The van der Waals surface area contributed by atoms with E-state index in [1.165, 1.54) is 6.42 Å². The van der Waals surface area contributed by atoms with Crippen molar-refractivity contribution < 1.29 is 9.21 Å². The van der Waals surface area contributed by atoms with Crippen LogP contribution < -0.4 is 0 Å². The van der Waals surface area contributed by atoms with Crippen LogP contribution in [0.1, 0.15) is 37.1 Å². The van der Waals surface area contributed by atoms with E-state index < -0.39 is 0 Å². The first-order chi connectivity index (χ1) is 14.7. The molecule has 1 aromatic carbocycles. The van der Waals surface area contributed by atoms with E-state index in [2.05, 4.69) is 21.3 Å². The molecule has 2 aliphatic rings. The average molecular weight is 401 g/mol. The van der Waals surface area contributed by atoms with Crippen molar-refractivity contribution >= 4 is 11.5 Å². The Kier molecular flexibility index (Phi) is 4.86. The van der Waals surface area contributed by atoms with Crippen LogP contribution in [0.2, 0.25) is 0 Å². The second kappa shape index (κ2) is 7.82. The Morgan fingerprint density at radius 1 is 1.13 bits per heavy atom. The van der Waals surface area contributed by atoms with Crippen LogP contribution in [0, 0.1) is 12.8 Å². The van der Waals surface area contributed by atoms with Crippen molar-refractivity contribution in [3.05, 3.63) is 54.0 Å². The summed E-state index contributed by atoms with van der Waals surface area (Å²) in [5, 5.41) is 8.35. The van der Waals surface area contributed by atoms with E-state index in [0.717, 1.165) is 48.3 Å². The fraction of sp³-hybridized carbons (Fsp3) is 0.348. The molecule has 7 nitrogen and oxygen atoms in total. The Labute approximate surface area is 174 Å². The molecule has 1 aliphatic heterocycles. The number of benzene rings is 1. The van der Waals surface area contributed by atoms with Gasteiger partial charge in [0.15, 0.2) is 0 Å². The van der Waals surface area contributed by atoms with Crippen molar-refractivity contribution in [1.29, 1.82) is 0 Å². The van der Waals surface area contributed by atoms with Crippen LogP contribution in [-0.4, -0.2) is 44.1 Å². The standard InChI is InChI=1S/C23H23N5O2/c1-15-20(22-27-26-21(30-22)17-6-3-2-4-7-17)25-19(14-24-15)16-10-12-28(13-11-16)23(29)18-8-5-9-18/h2-4,6-7,10,14,18H,5,8-9,11-13H2,1H3. The third-order valence-electron chi connectivity index (χ3n) is 5.91. The third-order valence-corrected chi connectivity index (χ3v) is 5.91. The minimum Gasteiger partial charge on any atom is -0.415 e. The number of aromatic nitrogens is 4. The lowest BCUT2D eigenvalue weighted by atomic mass is 9.84. The summed E-state index contributed by atoms with van der Waals surface area (Å²) in [4.78, 5) is 23.7. The smallest absolute Gasteiger partial charge is 0.268 e. The maximum absolute atomic E-state index is 12.5. The molecule has 5 rings (SSSR count). The van der Waals surface area contributed by atoms with E-state index in [1.807, 2.05) is 42.2 Å². The molecule has 1 amide bonds. The van der Waals surface area contributed by atoms with E-state index >= 15 is 0 Å². The first-order valence-electron chi connectivity index (χ1n) is 10.4. The summed E-state index contributed by atoms with van der Waals surface area (Å²) in [5.41, 5.74) is 4.09. The van der Waals surface area contributed by atoms with E-state index in [-0.39, 0.29) is 5.92 Å². The summed E-state index contributed by atoms with van der Waals surface area (Å²) in [6.45, 7) is 3.24. The summed E-state index contributed by atoms with van der Waals surface area (Å²) in [7, 11) is 0. The van der Waals surface area contributed by atoms with Gasteiger partial charge in [0, 0.05) is 24.6 Å². The minimum absolute atomic E-state index is 0.238. The highest BCUT2D eigenvalue weighted by Gasteiger charge is 2.30. The molecule has 2 aromatic heterocycles. The van der Waals surface area contributed by atoms with Gasteiger partial charge in [0.2, 0.25) is 11.8 Å². The molecule has 3 heterocycles. The number of amides is 1. The van der Waals surface area contributed by atoms with E-state index in [9.17, 15) is 4.79 Å². The predicted molar refractivity (Wildman–Crippen MR) is 112 cm³/mol. The fourth-order valence-electron chi connectivity index (χ4n) is 3.84. The van der Waals surface area contributed by atoms with Gasteiger partial charge in [-0.25, -0.2) is 4.98 Å². The molecule has 1 fully saturated rings. The number of rotatable bonds is 4. The summed E-state index contributed by atoms with van der Waals surface area (Å²) in [5.74, 6) is 1.35. The molecule has 0 spiro atoms. The van der Waals surface area contributed by atoms with E-state index in [4.69, 9.17) is 9.40 Å². The summed E-state index contributed by atoms with van der Waals surface area (Å²) in [6, 6.07) is 9.66. The van der Waals surface area contributed by atoms with E-state index in [0.29, 0.717) is 29.9 Å². The normalized spacial score (nSPS) is 16.8. The average Bonchev–Trinajstić information content (AvgIpc) is 3.24. The highest BCUT2D eigenvalue weighted by molar-refractivity contribution is 5.81. The van der Waals surface area contributed by atoms with Crippen LogP contribution in [0.5, 0.6) is 0 Å². The maximum Gasteiger partial charge on any atom is 0.268 e. The van der Waals surface area contributed by atoms with E-state index in [1.54, 1.807) is 6.20 Å². The van der Waals surface area contributed by atoms with Gasteiger partial charge in [0.1, 0.15) is 5.69 Å². The van der Waals surface area contributed by atoms with Crippen LogP contribution in [0.25, 0.3) is 28.6 Å². The lowest BCUT2D eigenvalue weighted by Crippen LogP contribution is -2.41. The molecule has 3 aromatic rings. The van der Waals surface area contributed by atoms with Crippen molar-refractivity contribution in [2.75, 3.05) is 13.1 Å². The van der Waals surface area contributed by atoms with Gasteiger partial charge in [-0.05, 0) is 43.9 Å². The molecule has 30 heavy (non-hydrogen) atoms. The topological polar surface area (TPSA) is 85.0 Å². The van der Waals surface area contributed by atoms with Crippen molar-refractivity contribution in [2.24, 2.45) is 5.92 Å². The van der Waals surface area contributed by atoms with Gasteiger partial charge in [-0.3, -0.25) is 9.78 Å². The largest absolute Gasteiger partial charge is 0.415 e. The zero-order valence-corrected chi connectivity index (χ0v) is 16.9. The molecular formula is C23H23N5O2. The SMILES string of the molecule is Cc1ncc(C2=CCN(C(=O)C3CCC3)CC2)nc1-c1nnc(-c2ccccc2)o1. The van der Waals surface area contributed by atoms with Crippen molar-refractivity contribution in [2.45, 2.75) is 32.6 Å². The number of carbonyl (C=O) groups is 1. The van der Waals surface area contributed by atoms with Crippen LogP contribution in [0.15, 0.2) is 47.0 Å². The molecule has 0 bridgehead atoms. The Morgan fingerprint density at radius 2 is 1.93 bits per heavy atom. The van der Waals surface area contributed by atoms with Crippen molar-refractivity contribution in [3.63, 3.8) is 0 Å². The first-order valence-corrected chi connectivity index (χ1v) is 10.4. The highest BCUT2D eigenvalue weighted by atomic mass is 16.4. The molecule has 1 saturated carbocycles. The molecule has 0 N–H and O–H groups in total. The molecular weight excluding hydrogens is 378 g/mol. The molecule has 1 aliphatic carbocycles. The molecule has 7 heteroatoms. The zero-order chi connectivity index (χ0) is 20.5. The highest BCUT2D eigenvalue weighted by Crippen LogP contribution is 2.31. The summed E-state index contributed by atoms with van der Waals surface area (Å²) in [6.07, 6.45) is 7.89. The summed E-state index contributed by atoms with van der Waals surface area (Å²) < 4.78 is 5.88. The zero-order valence-electron chi connectivity index (χ0n) is 16.9. The second-order valence-electron chi connectivity index (χ2n) is 7.86.